The molecule has 0 radical (unpaired) electrons. The quantitative estimate of drug-likeness (QED) is 0.832. The number of nitrogens with one attached hydrogen (secondary N) is 1. The van der Waals surface area contributed by atoms with Gasteiger partial charge in [0.1, 0.15) is 0 Å². The number of hydrogen-bond acceptors (Lipinski definition) is 3. The molecule has 118 valence electrons. The van der Waals surface area contributed by atoms with Gasteiger partial charge in [-0.05, 0) is 63.6 Å². The molecule has 0 atom stereocenters. The molecule has 1 aliphatic rings. The third kappa shape index (κ3) is 5.77. The van der Waals surface area contributed by atoms with Crippen LogP contribution in [0.25, 0.3) is 0 Å². The van der Waals surface area contributed by atoms with Gasteiger partial charge < -0.3 is 15.1 Å². The van der Waals surface area contributed by atoms with Crippen molar-refractivity contribution in [2.24, 2.45) is 5.92 Å². The highest BCUT2D eigenvalue weighted by Crippen LogP contribution is 2.18. The third-order valence-electron chi connectivity index (χ3n) is 4.43. The van der Waals surface area contributed by atoms with Gasteiger partial charge in [-0.15, -0.1) is 0 Å². The van der Waals surface area contributed by atoms with E-state index in [2.05, 4.69) is 60.4 Å². The Hall–Kier alpha value is -0.900. The van der Waals surface area contributed by atoms with Gasteiger partial charge in [0, 0.05) is 19.6 Å². The lowest BCUT2D eigenvalue weighted by atomic mass is 9.96. The first-order valence-electron chi connectivity index (χ1n) is 8.33. The molecule has 0 spiro atoms. The minimum Gasteiger partial charge on any atom is -0.313 e. The van der Waals surface area contributed by atoms with Crippen molar-refractivity contribution in [2.75, 3.05) is 40.3 Å². The predicted molar refractivity (Wildman–Crippen MR) is 90.4 cm³/mol. The van der Waals surface area contributed by atoms with Crippen LogP contribution in [0.2, 0.25) is 0 Å². The third-order valence-corrected chi connectivity index (χ3v) is 4.43. The van der Waals surface area contributed by atoms with Crippen molar-refractivity contribution in [1.29, 1.82) is 0 Å². The Kier molecular flexibility index (Phi) is 6.68. The molecule has 0 amide bonds. The summed E-state index contributed by atoms with van der Waals surface area (Å²) in [4.78, 5) is 4.93. The first-order valence-corrected chi connectivity index (χ1v) is 8.33. The van der Waals surface area contributed by atoms with Crippen molar-refractivity contribution in [3.05, 3.63) is 35.4 Å². The summed E-state index contributed by atoms with van der Waals surface area (Å²) < 4.78 is 0. The fourth-order valence-corrected chi connectivity index (χ4v) is 3.17. The zero-order valence-electron chi connectivity index (χ0n) is 13.9. The zero-order chi connectivity index (χ0) is 15.1. The van der Waals surface area contributed by atoms with Crippen LogP contribution >= 0.6 is 0 Å². The van der Waals surface area contributed by atoms with Gasteiger partial charge in [-0.3, -0.25) is 0 Å². The van der Waals surface area contributed by atoms with Crippen molar-refractivity contribution < 1.29 is 0 Å². The first kappa shape index (κ1) is 16.5. The largest absolute Gasteiger partial charge is 0.313 e. The average Bonchev–Trinajstić information content (AvgIpc) is 2.48. The highest BCUT2D eigenvalue weighted by molar-refractivity contribution is 5.23. The summed E-state index contributed by atoms with van der Waals surface area (Å²) in [5.74, 6) is 0.871. The van der Waals surface area contributed by atoms with Crippen molar-refractivity contribution >= 4 is 0 Å². The van der Waals surface area contributed by atoms with Crippen molar-refractivity contribution in [1.82, 2.24) is 15.1 Å². The van der Waals surface area contributed by atoms with Crippen LogP contribution < -0.4 is 5.32 Å². The van der Waals surface area contributed by atoms with E-state index in [9.17, 15) is 0 Å². The second-order valence-corrected chi connectivity index (χ2v) is 6.54. The number of nitrogens with zero attached hydrogens (tertiary/aromatic N) is 2. The van der Waals surface area contributed by atoms with Crippen molar-refractivity contribution in [3.63, 3.8) is 0 Å². The second kappa shape index (κ2) is 8.52. The molecule has 1 aromatic carbocycles. The topological polar surface area (TPSA) is 18.5 Å². The molecule has 0 aromatic heterocycles. The Balaban J connectivity index is 1.80. The summed E-state index contributed by atoms with van der Waals surface area (Å²) in [6, 6.07) is 8.99. The van der Waals surface area contributed by atoms with Crippen molar-refractivity contribution in [2.45, 2.75) is 32.9 Å². The van der Waals surface area contributed by atoms with E-state index in [1.165, 1.54) is 43.6 Å². The molecule has 0 bridgehead atoms. The lowest BCUT2D eigenvalue weighted by Crippen LogP contribution is -2.35. The maximum absolute atomic E-state index is 3.40. The predicted octanol–water partition coefficient (Wildman–Crippen LogP) is 2.57. The monoisotopic (exact) mass is 289 g/mol. The highest BCUT2D eigenvalue weighted by Gasteiger charge is 2.18. The van der Waals surface area contributed by atoms with Crippen LogP contribution in [0.5, 0.6) is 0 Å². The fourth-order valence-electron chi connectivity index (χ4n) is 3.17. The van der Waals surface area contributed by atoms with Crippen molar-refractivity contribution in [3.8, 4) is 0 Å². The molecule has 1 aliphatic heterocycles. The van der Waals surface area contributed by atoms with E-state index < -0.39 is 0 Å². The fraction of sp³-hybridized carbons (Fsp3) is 0.667. The molecule has 3 heteroatoms. The zero-order valence-corrected chi connectivity index (χ0v) is 13.9. The van der Waals surface area contributed by atoms with Crippen LogP contribution in [0.15, 0.2) is 24.3 Å². The maximum atomic E-state index is 3.40. The van der Waals surface area contributed by atoms with Gasteiger partial charge in [-0.2, -0.15) is 0 Å². The van der Waals surface area contributed by atoms with Crippen LogP contribution in [0.3, 0.4) is 0 Å². The normalized spacial score (nSPS) is 17.5. The molecule has 21 heavy (non-hydrogen) atoms. The number of likely N-dealkylation sites (tertiary alicyclic amines) is 1. The number of benzene rings is 1. The molecular weight excluding hydrogens is 258 g/mol. The molecule has 1 N–H and O–H groups in total. The van der Waals surface area contributed by atoms with Crippen LogP contribution in [-0.4, -0.2) is 50.1 Å². The van der Waals surface area contributed by atoms with E-state index in [4.69, 9.17) is 0 Å². The molecule has 1 fully saturated rings. The highest BCUT2D eigenvalue weighted by atomic mass is 15.1. The lowest BCUT2D eigenvalue weighted by Gasteiger charge is -2.31. The summed E-state index contributed by atoms with van der Waals surface area (Å²) in [6.07, 6.45) is 2.70. The number of rotatable bonds is 7. The van der Waals surface area contributed by atoms with Crippen LogP contribution in [-0.2, 0) is 13.1 Å². The summed E-state index contributed by atoms with van der Waals surface area (Å²) in [5, 5.41) is 3.40. The van der Waals surface area contributed by atoms with E-state index in [1.807, 2.05) is 0 Å². The molecule has 1 saturated heterocycles. The van der Waals surface area contributed by atoms with Gasteiger partial charge in [-0.25, -0.2) is 0 Å². The van der Waals surface area contributed by atoms with Gasteiger partial charge in [0.05, 0.1) is 0 Å². The van der Waals surface area contributed by atoms with Gasteiger partial charge in [0.25, 0.3) is 0 Å². The molecule has 0 saturated carbocycles. The second-order valence-electron chi connectivity index (χ2n) is 6.54. The Bertz CT molecular complexity index is 411. The first-order chi connectivity index (χ1) is 10.2. The van der Waals surface area contributed by atoms with Gasteiger partial charge in [0.2, 0.25) is 0 Å². The van der Waals surface area contributed by atoms with E-state index >= 15 is 0 Å². The Morgan fingerprint density at radius 1 is 1.24 bits per heavy atom. The average molecular weight is 289 g/mol. The minimum absolute atomic E-state index is 0.871. The smallest absolute Gasteiger partial charge is 0.0230 e. The molecular formula is C18H31N3. The van der Waals surface area contributed by atoms with Crippen LogP contribution in [0, 0.1) is 5.92 Å². The summed E-state index contributed by atoms with van der Waals surface area (Å²) in [5.41, 5.74) is 2.82. The van der Waals surface area contributed by atoms with E-state index in [1.54, 1.807) is 0 Å². The molecule has 1 aromatic rings. The summed E-state index contributed by atoms with van der Waals surface area (Å²) >= 11 is 0. The maximum Gasteiger partial charge on any atom is 0.0230 e. The molecule has 1 heterocycles. The van der Waals surface area contributed by atoms with Gasteiger partial charge in [0.15, 0.2) is 0 Å². The summed E-state index contributed by atoms with van der Waals surface area (Å²) in [7, 11) is 4.49. The van der Waals surface area contributed by atoms with E-state index in [0.29, 0.717) is 0 Å². The number of hydrogen-bond donors (Lipinski definition) is 1. The minimum atomic E-state index is 0.871. The van der Waals surface area contributed by atoms with Gasteiger partial charge in [-0.1, -0.05) is 31.2 Å². The van der Waals surface area contributed by atoms with E-state index in [-0.39, 0.29) is 0 Å². The lowest BCUT2D eigenvalue weighted by molar-refractivity contribution is 0.173. The Labute approximate surface area is 130 Å². The molecule has 3 nitrogen and oxygen atoms in total. The van der Waals surface area contributed by atoms with E-state index in [0.717, 1.165) is 25.6 Å². The Morgan fingerprint density at radius 2 is 1.95 bits per heavy atom. The molecule has 2 rings (SSSR count). The SMILES string of the molecule is CCNCc1cccc(CN(C)CC2CCN(C)CC2)c1. The summed E-state index contributed by atoms with van der Waals surface area (Å²) in [6.45, 7) is 8.97. The molecule has 0 unspecified atom stereocenters. The van der Waals surface area contributed by atoms with Crippen LogP contribution in [0.4, 0.5) is 0 Å². The Morgan fingerprint density at radius 3 is 2.67 bits per heavy atom. The molecule has 0 aliphatic carbocycles. The standard InChI is InChI=1S/C18H31N3/c1-4-19-13-17-6-5-7-18(12-17)15-21(3)14-16-8-10-20(2)11-9-16/h5-7,12,16,19H,4,8-11,13-15H2,1-3H3. The number of piperidine rings is 1. The van der Waals surface area contributed by atoms with Crippen LogP contribution in [0.1, 0.15) is 30.9 Å². The van der Waals surface area contributed by atoms with Gasteiger partial charge >= 0.3 is 0 Å².